The van der Waals surface area contributed by atoms with Gasteiger partial charge in [0.2, 0.25) is 27.6 Å². The summed E-state index contributed by atoms with van der Waals surface area (Å²) in [6.45, 7) is 15.6. The first-order valence-electron chi connectivity index (χ1n) is 17.6. The number of hydrogen-bond donors (Lipinski definition) is 4. The maximum absolute atomic E-state index is 14.4. The molecule has 1 aromatic rings. The maximum Gasteiger partial charge on any atom is 0.315 e. The minimum atomic E-state index is -3.83. The van der Waals surface area contributed by atoms with E-state index in [0.29, 0.717) is 19.3 Å². The summed E-state index contributed by atoms with van der Waals surface area (Å²) in [5, 5.41) is 8.52. The summed E-state index contributed by atoms with van der Waals surface area (Å²) >= 11 is 0. The molecule has 1 saturated heterocycles. The predicted octanol–water partition coefficient (Wildman–Crippen LogP) is 3.04. The molecule has 14 heteroatoms. The zero-order chi connectivity index (χ0) is 37.8. The van der Waals surface area contributed by atoms with Crippen molar-refractivity contribution in [3.05, 3.63) is 30.3 Å². The van der Waals surface area contributed by atoms with E-state index in [1.165, 1.54) is 28.4 Å². The minimum absolute atomic E-state index is 0.00741. The van der Waals surface area contributed by atoms with E-state index in [4.69, 9.17) is 5.73 Å². The fourth-order valence-corrected chi connectivity index (χ4v) is 7.94. The molecule has 3 rings (SSSR count). The molecule has 1 heterocycles. The summed E-state index contributed by atoms with van der Waals surface area (Å²) in [7, 11) is -2.36. The standard InChI is InChI=1S/C36H58N6O7S/c1-22(2)26-17-18-42(28(26)32(45)39-27(19-23-15-16-23)29(43)31(37)44)33(46)30(36(6,7)8)40-34(47)38-24(20-35(3,4)5)21-41(9)50(48,49)25-13-11-10-12-14-25/h10-14,22-24,26-28,30H,15-21H2,1-9H3,(H2,37,44)(H,39,45)(H2,38,40,47)/t24-,26+,27?,28-,30+/m0/s1. The van der Waals surface area contributed by atoms with Crippen molar-refractivity contribution in [1.82, 2.24) is 25.2 Å². The van der Waals surface area contributed by atoms with E-state index in [9.17, 15) is 32.4 Å². The summed E-state index contributed by atoms with van der Waals surface area (Å²) in [5.74, 6) is -2.95. The van der Waals surface area contributed by atoms with Crippen LogP contribution in [-0.2, 0) is 29.2 Å². The lowest BCUT2D eigenvalue weighted by Crippen LogP contribution is -2.61. The number of urea groups is 1. The number of nitrogens with two attached hydrogens (primary N) is 1. The summed E-state index contributed by atoms with van der Waals surface area (Å²) in [6, 6.07) is 3.77. The molecule has 5 N–H and O–H groups in total. The Hall–Kier alpha value is -3.52. The number of nitrogens with zero attached hydrogens (tertiary/aromatic N) is 2. The Morgan fingerprint density at radius 2 is 1.54 bits per heavy atom. The third kappa shape index (κ3) is 11.0. The lowest BCUT2D eigenvalue weighted by molar-refractivity contribution is -0.144. The van der Waals surface area contributed by atoms with Gasteiger partial charge in [0.25, 0.3) is 5.91 Å². The molecule has 50 heavy (non-hydrogen) atoms. The number of sulfonamides is 1. The molecule has 1 aliphatic carbocycles. The van der Waals surface area contributed by atoms with Gasteiger partial charge in [0, 0.05) is 26.2 Å². The molecule has 1 saturated carbocycles. The summed E-state index contributed by atoms with van der Waals surface area (Å²) in [5.41, 5.74) is 4.25. The highest BCUT2D eigenvalue weighted by atomic mass is 32.2. The zero-order valence-corrected chi connectivity index (χ0v) is 31.9. The first-order chi connectivity index (χ1) is 23.0. The van der Waals surface area contributed by atoms with E-state index in [0.717, 1.165) is 12.8 Å². The highest BCUT2D eigenvalue weighted by Crippen LogP contribution is 2.36. The van der Waals surface area contributed by atoms with E-state index in [1.54, 1.807) is 18.2 Å². The van der Waals surface area contributed by atoms with Gasteiger partial charge in [-0.1, -0.05) is 86.4 Å². The second-order valence-corrected chi connectivity index (χ2v) is 18.7. The monoisotopic (exact) mass is 718 g/mol. The molecular formula is C36H58N6O7S. The van der Waals surface area contributed by atoms with Crippen LogP contribution in [0, 0.1) is 28.6 Å². The van der Waals surface area contributed by atoms with Crippen molar-refractivity contribution < 1.29 is 32.4 Å². The quantitative estimate of drug-likeness (QED) is 0.201. The molecule has 13 nitrogen and oxygen atoms in total. The third-order valence-corrected chi connectivity index (χ3v) is 11.3. The number of likely N-dealkylation sites (tertiary alicyclic amines) is 1. The van der Waals surface area contributed by atoms with Crippen LogP contribution >= 0.6 is 0 Å². The van der Waals surface area contributed by atoms with Gasteiger partial charge in [-0.05, 0) is 60.0 Å². The van der Waals surface area contributed by atoms with Crippen LogP contribution < -0.4 is 21.7 Å². The highest BCUT2D eigenvalue weighted by Gasteiger charge is 2.48. The second kappa shape index (κ2) is 16.2. The Bertz CT molecular complexity index is 1500. The van der Waals surface area contributed by atoms with Gasteiger partial charge >= 0.3 is 6.03 Å². The fourth-order valence-electron chi connectivity index (χ4n) is 6.70. The van der Waals surface area contributed by atoms with Crippen LogP contribution in [0.5, 0.6) is 0 Å². The first kappa shape index (κ1) is 40.9. The fraction of sp³-hybridized carbons (Fsp3) is 0.694. The molecule has 2 aliphatic rings. The van der Waals surface area contributed by atoms with Crippen LogP contribution in [0.15, 0.2) is 35.2 Å². The average molecular weight is 719 g/mol. The SMILES string of the molecule is CC(C)[C@H]1CCN(C(=O)[C@@H](NC(=O)N[C@H](CN(C)S(=O)(=O)c2ccccc2)CC(C)(C)C)C(C)(C)C)[C@@H]1C(=O)NC(CC1CC1)C(=O)C(N)=O. The van der Waals surface area contributed by atoms with Gasteiger partial charge in [0.05, 0.1) is 10.9 Å². The number of amides is 5. The molecule has 5 amide bonds. The van der Waals surface area contributed by atoms with Crippen molar-refractivity contribution in [2.75, 3.05) is 20.1 Å². The summed E-state index contributed by atoms with van der Waals surface area (Å²) < 4.78 is 27.8. The summed E-state index contributed by atoms with van der Waals surface area (Å²) in [4.78, 5) is 68.0. The Labute approximate surface area is 297 Å². The highest BCUT2D eigenvalue weighted by molar-refractivity contribution is 7.89. The van der Waals surface area contributed by atoms with Gasteiger partial charge in [-0.25, -0.2) is 13.2 Å². The minimum Gasteiger partial charge on any atom is -0.363 e. The number of primary amides is 1. The maximum atomic E-state index is 14.4. The van der Waals surface area contributed by atoms with E-state index in [2.05, 4.69) is 16.0 Å². The van der Waals surface area contributed by atoms with E-state index >= 15 is 0 Å². The molecule has 5 atom stereocenters. The van der Waals surface area contributed by atoms with Crippen molar-refractivity contribution in [1.29, 1.82) is 0 Å². The van der Waals surface area contributed by atoms with Crippen molar-refractivity contribution in [3.63, 3.8) is 0 Å². The molecule has 1 aliphatic heterocycles. The van der Waals surface area contributed by atoms with Gasteiger partial charge in [-0.15, -0.1) is 0 Å². The zero-order valence-electron chi connectivity index (χ0n) is 31.1. The Balaban J connectivity index is 1.83. The number of carbonyl (C=O) groups excluding carboxylic acids is 5. The number of nitrogens with one attached hydrogen (secondary N) is 3. The molecule has 280 valence electrons. The Morgan fingerprint density at radius 1 is 0.940 bits per heavy atom. The smallest absolute Gasteiger partial charge is 0.315 e. The molecule has 0 radical (unpaired) electrons. The Morgan fingerprint density at radius 3 is 2.04 bits per heavy atom. The number of Topliss-reactive ketones (excluding diaryl/α,β-unsaturated/α-hetero) is 1. The molecule has 0 bridgehead atoms. The largest absolute Gasteiger partial charge is 0.363 e. The first-order valence-corrected chi connectivity index (χ1v) is 19.0. The van der Waals surface area contributed by atoms with Crippen LogP contribution in [0.4, 0.5) is 4.79 Å². The lowest BCUT2D eigenvalue weighted by Gasteiger charge is -2.37. The van der Waals surface area contributed by atoms with Crippen LogP contribution in [-0.4, -0.2) is 91.5 Å². The van der Waals surface area contributed by atoms with Gasteiger partial charge in [0.15, 0.2) is 0 Å². The topological polar surface area (TPSA) is 188 Å². The third-order valence-electron chi connectivity index (χ3n) is 9.51. The van der Waals surface area contributed by atoms with Crippen molar-refractivity contribution >= 4 is 39.6 Å². The van der Waals surface area contributed by atoms with Gasteiger partial charge in [0.1, 0.15) is 12.1 Å². The van der Waals surface area contributed by atoms with Crippen molar-refractivity contribution in [2.24, 2.45) is 34.3 Å². The number of ketones is 1. The van der Waals surface area contributed by atoms with Crippen molar-refractivity contribution in [3.8, 4) is 0 Å². The molecule has 1 unspecified atom stereocenters. The molecular weight excluding hydrogens is 660 g/mol. The van der Waals surface area contributed by atoms with E-state index in [-0.39, 0.29) is 41.2 Å². The van der Waals surface area contributed by atoms with Crippen LogP contribution in [0.2, 0.25) is 0 Å². The van der Waals surface area contributed by atoms with Crippen LogP contribution in [0.25, 0.3) is 0 Å². The van der Waals surface area contributed by atoms with Gasteiger partial charge < -0.3 is 26.6 Å². The summed E-state index contributed by atoms with van der Waals surface area (Å²) in [6.07, 6.45) is 3.09. The van der Waals surface area contributed by atoms with Crippen molar-refractivity contribution in [2.45, 2.75) is 117 Å². The van der Waals surface area contributed by atoms with Gasteiger partial charge in [-0.3, -0.25) is 19.2 Å². The number of rotatable bonds is 15. The number of carbonyl (C=O) groups is 5. The number of hydrogen-bond acceptors (Lipinski definition) is 7. The molecule has 0 aromatic heterocycles. The lowest BCUT2D eigenvalue weighted by atomic mass is 9.84. The molecule has 1 aromatic carbocycles. The van der Waals surface area contributed by atoms with E-state index < -0.39 is 69.1 Å². The molecule has 0 spiro atoms. The number of likely N-dealkylation sites (N-methyl/N-ethyl adjacent to an activating group) is 1. The van der Waals surface area contributed by atoms with Crippen LogP contribution in [0.1, 0.15) is 87.5 Å². The van der Waals surface area contributed by atoms with E-state index in [1.807, 2.05) is 55.4 Å². The Kier molecular flexibility index (Phi) is 13.3. The van der Waals surface area contributed by atoms with Gasteiger partial charge in [-0.2, -0.15) is 4.31 Å². The predicted molar refractivity (Wildman–Crippen MR) is 191 cm³/mol. The second-order valence-electron chi connectivity index (χ2n) is 16.6. The normalized spacial score (nSPS) is 20.3. The average Bonchev–Trinajstić information content (AvgIpc) is 3.70. The molecule has 2 fully saturated rings. The number of benzene rings is 1. The van der Waals surface area contributed by atoms with Crippen LogP contribution in [0.3, 0.4) is 0 Å².